The van der Waals surface area contributed by atoms with Gasteiger partial charge in [-0.05, 0) is 86.3 Å². The summed E-state index contributed by atoms with van der Waals surface area (Å²) in [7, 11) is 0. The molecule has 3 unspecified atom stereocenters. The van der Waals surface area contributed by atoms with E-state index < -0.39 is 12.5 Å². The third-order valence-electron chi connectivity index (χ3n) is 12.7. The highest BCUT2D eigenvalue weighted by Crippen LogP contribution is 2.37. The Bertz CT molecular complexity index is 1540. The van der Waals surface area contributed by atoms with E-state index in [0.29, 0.717) is 42.9 Å². The first-order chi connectivity index (χ1) is 26.5. The van der Waals surface area contributed by atoms with Crippen LogP contribution in [0.2, 0.25) is 0 Å². The molecule has 10 heteroatoms. The van der Waals surface area contributed by atoms with Crippen LogP contribution < -0.4 is 10.2 Å². The van der Waals surface area contributed by atoms with Gasteiger partial charge < -0.3 is 24.6 Å². The molecule has 1 N–H and O–H groups in total. The lowest BCUT2D eigenvalue weighted by Gasteiger charge is -2.45. The Hall–Kier alpha value is -3.08. The minimum Gasteiger partial charge on any atom is -0.381 e. The van der Waals surface area contributed by atoms with E-state index in [2.05, 4.69) is 53.2 Å². The number of hydrogen-bond acceptors (Lipinski definition) is 6. The molecule has 2 aromatic carbocycles. The van der Waals surface area contributed by atoms with Crippen molar-refractivity contribution in [1.29, 1.82) is 0 Å². The van der Waals surface area contributed by atoms with Crippen molar-refractivity contribution >= 4 is 17.5 Å². The second kappa shape index (κ2) is 19.4. The second-order valence-corrected chi connectivity index (χ2v) is 17.1. The SMILES string of the molecule is Cc1c(C(=O)NCC2C(=O)N(C3CCCCCCCCC3)C(C)CC2C)cc(-c2ccc(CN3CCOCC3)cc2)cc1N(CC(C)(F)F)C1CCOCC1. The van der Waals surface area contributed by atoms with Crippen LogP contribution in [0, 0.1) is 18.8 Å². The smallest absolute Gasteiger partial charge is 0.262 e. The number of nitrogens with zero attached hydrogens (tertiary/aromatic N) is 3. The van der Waals surface area contributed by atoms with E-state index >= 15 is 0 Å². The molecule has 2 aromatic rings. The number of amides is 2. The van der Waals surface area contributed by atoms with E-state index in [4.69, 9.17) is 9.47 Å². The molecular formula is C45H66F2N4O4. The van der Waals surface area contributed by atoms with Crippen molar-refractivity contribution in [2.45, 2.75) is 135 Å². The van der Waals surface area contributed by atoms with Gasteiger partial charge in [-0.3, -0.25) is 14.5 Å². The number of halogens is 2. The number of carbonyl (C=O) groups is 2. The number of likely N-dealkylation sites (tertiary alicyclic amines) is 1. The minimum absolute atomic E-state index is 0.133. The fourth-order valence-electron chi connectivity index (χ4n) is 9.59. The van der Waals surface area contributed by atoms with Crippen molar-refractivity contribution in [2.75, 3.05) is 57.5 Å². The van der Waals surface area contributed by atoms with Crippen LogP contribution in [-0.2, 0) is 20.8 Å². The number of rotatable bonds is 11. The average Bonchev–Trinajstić information content (AvgIpc) is 3.17. The van der Waals surface area contributed by atoms with Crippen LogP contribution in [-0.4, -0.2) is 98.3 Å². The maximum absolute atomic E-state index is 14.9. The molecule has 0 aromatic heterocycles. The number of alkyl halides is 2. The number of ether oxygens (including phenoxy) is 2. The molecule has 4 fully saturated rings. The van der Waals surface area contributed by atoms with Gasteiger partial charge in [-0.1, -0.05) is 76.1 Å². The number of piperidine rings is 1. The summed E-state index contributed by atoms with van der Waals surface area (Å²) in [5.74, 6) is -3.24. The van der Waals surface area contributed by atoms with Gasteiger partial charge >= 0.3 is 0 Å². The molecule has 1 saturated carbocycles. The largest absolute Gasteiger partial charge is 0.381 e. The summed E-state index contributed by atoms with van der Waals surface area (Å²) < 4.78 is 41.0. The van der Waals surface area contributed by atoms with Gasteiger partial charge in [-0.15, -0.1) is 0 Å². The molecule has 4 aliphatic rings. The first-order valence-corrected chi connectivity index (χ1v) is 21.3. The number of benzene rings is 2. The number of carbonyl (C=O) groups excluding carboxylic acids is 2. The second-order valence-electron chi connectivity index (χ2n) is 17.1. The van der Waals surface area contributed by atoms with Gasteiger partial charge in [0.15, 0.2) is 0 Å². The summed E-state index contributed by atoms with van der Waals surface area (Å²) in [6, 6.07) is 12.5. The predicted molar refractivity (Wildman–Crippen MR) is 216 cm³/mol. The molecule has 3 saturated heterocycles. The summed E-state index contributed by atoms with van der Waals surface area (Å²) in [6.07, 6.45) is 12.9. The van der Waals surface area contributed by atoms with E-state index in [0.717, 1.165) is 83.0 Å². The number of hydrogen-bond donors (Lipinski definition) is 1. The Morgan fingerprint density at radius 2 is 1.49 bits per heavy atom. The molecule has 0 spiro atoms. The number of morpholine rings is 1. The number of anilines is 1. The van der Waals surface area contributed by atoms with E-state index in [1.807, 2.05) is 24.0 Å². The zero-order valence-electron chi connectivity index (χ0n) is 33.9. The van der Waals surface area contributed by atoms with Crippen molar-refractivity contribution in [3.63, 3.8) is 0 Å². The van der Waals surface area contributed by atoms with Crippen LogP contribution in [0.25, 0.3) is 11.1 Å². The molecule has 55 heavy (non-hydrogen) atoms. The average molecular weight is 765 g/mol. The molecule has 3 heterocycles. The highest BCUT2D eigenvalue weighted by atomic mass is 19.3. The van der Waals surface area contributed by atoms with E-state index in [1.54, 1.807) is 0 Å². The van der Waals surface area contributed by atoms with Crippen molar-refractivity contribution in [3.8, 4) is 11.1 Å². The Morgan fingerprint density at radius 1 is 0.873 bits per heavy atom. The van der Waals surface area contributed by atoms with Crippen LogP contribution in [0.1, 0.15) is 119 Å². The van der Waals surface area contributed by atoms with Gasteiger partial charge in [0.2, 0.25) is 5.91 Å². The fraction of sp³-hybridized carbons (Fsp3) is 0.689. The molecule has 3 atom stereocenters. The van der Waals surface area contributed by atoms with E-state index in [1.165, 1.54) is 37.7 Å². The summed E-state index contributed by atoms with van der Waals surface area (Å²) in [5.41, 5.74) is 4.67. The zero-order chi connectivity index (χ0) is 39.0. The maximum Gasteiger partial charge on any atom is 0.262 e. The molecule has 0 bridgehead atoms. The quantitative estimate of drug-likeness (QED) is 0.247. The third-order valence-corrected chi connectivity index (χ3v) is 12.7. The van der Waals surface area contributed by atoms with E-state index in [-0.39, 0.29) is 48.3 Å². The van der Waals surface area contributed by atoms with Crippen LogP contribution >= 0.6 is 0 Å². The van der Waals surface area contributed by atoms with Gasteiger partial charge in [0.25, 0.3) is 11.8 Å². The fourth-order valence-corrected chi connectivity index (χ4v) is 9.59. The summed E-state index contributed by atoms with van der Waals surface area (Å²) >= 11 is 0. The molecule has 1 aliphatic carbocycles. The van der Waals surface area contributed by atoms with Crippen molar-refractivity contribution in [1.82, 2.24) is 15.1 Å². The topological polar surface area (TPSA) is 74.4 Å². The maximum atomic E-state index is 14.9. The Morgan fingerprint density at radius 3 is 2.13 bits per heavy atom. The molecule has 0 radical (unpaired) electrons. The monoisotopic (exact) mass is 765 g/mol. The normalized spacial score (nSPS) is 24.4. The lowest BCUT2D eigenvalue weighted by molar-refractivity contribution is -0.147. The summed E-state index contributed by atoms with van der Waals surface area (Å²) in [4.78, 5) is 35.1. The van der Waals surface area contributed by atoms with Gasteiger partial charge in [0.1, 0.15) is 0 Å². The molecule has 2 amide bonds. The van der Waals surface area contributed by atoms with Crippen LogP contribution in [0.3, 0.4) is 0 Å². The Labute approximate surface area is 328 Å². The lowest BCUT2D eigenvalue weighted by atomic mass is 9.81. The third kappa shape index (κ3) is 11.1. The minimum atomic E-state index is -2.94. The van der Waals surface area contributed by atoms with Crippen LogP contribution in [0.15, 0.2) is 36.4 Å². The predicted octanol–water partition coefficient (Wildman–Crippen LogP) is 8.63. The van der Waals surface area contributed by atoms with Crippen molar-refractivity contribution < 1.29 is 27.8 Å². The molecule has 304 valence electrons. The van der Waals surface area contributed by atoms with Gasteiger partial charge in [-0.25, -0.2) is 8.78 Å². The first kappa shape index (κ1) is 41.6. The van der Waals surface area contributed by atoms with Gasteiger partial charge in [0, 0.05) is 75.7 Å². The van der Waals surface area contributed by atoms with E-state index in [9.17, 15) is 18.4 Å². The first-order valence-electron chi connectivity index (χ1n) is 21.3. The van der Waals surface area contributed by atoms with Crippen molar-refractivity contribution in [2.24, 2.45) is 11.8 Å². The molecule has 6 rings (SSSR count). The Balaban J connectivity index is 1.27. The number of nitrogens with one attached hydrogen (secondary N) is 1. The highest BCUT2D eigenvalue weighted by Gasteiger charge is 2.41. The van der Waals surface area contributed by atoms with Crippen molar-refractivity contribution in [3.05, 3.63) is 53.1 Å². The highest BCUT2D eigenvalue weighted by molar-refractivity contribution is 5.99. The van der Waals surface area contributed by atoms with Crippen LogP contribution in [0.5, 0.6) is 0 Å². The standard InChI is InChI=1S/C45H66F2N4O4/c1-32-26-33(2)51(39-12-10-8-6-5-7-9-11-13-39)44(53)41(32)29-48-43(52)40-27-37(36-16-14-35(15-17-36)30-49-20-24-55-25-21-49)28-42(34(40)3)50(31-45(4,46)47)38-18-22-54-23-19-38/h14-17,27-28,32-33,38-39,41H,5-13,18-26,29-31H2,1-4H3,(H,48,52). The molecule has 8 nitrogen and oxygen atoms in total. The Kier molecular flexibility index (Phi) is 14.6. The summed E-state index contributed by atoms with van der Waals surface area (Å²) in [6.45, 7) is 12.1. The van der Waals surface area contributed by atoms with Gasteiger partial charge in [-0.2, -0.15) is 0 Å². The van der Waals surface area contributed by atoms with Crippen LogP contribution in [0.4, 0.5) is 14.5 Å². The molecular weight excluding hydrogens is 699 g/mol. The molecule has 3 aliphatic heterocycles. The lowest BCUT2D eigenvalue weighted by Crippen LogP contribution is -2.56. The zero-order valence-corrected chi connectivity index (χ0v) is 33.9. The summed E-state index contributed by atoms with van der Waals surface area (Å²) in [5, 5.41) is 3.19. The van der Waals surface area contributed by atoms with Gasteiger partial charge in [0.05, 0.1) is 25.7 Å².